The molecule has 0 spiro atoms. The van der Waals surface area contributed by atoms with E-state index in [4.69, 9.17) is 0 Å². The van der Waals surface area contributed by atoms with Crippen molar-refractivity contribution in [2.45, 2.75) is 26.7 Å². The van der Waals surface area contributed by atoms with Crippen LogP contribution in [0.4, 0.5) is 11.4 Å². The Balaban J connectivity index is 2.12. The maximum absolute atomic E-state index is 11.1. The maximum atomic E-state index is 11.1. The van der Waals surface area contributed by atoms with Gasteiger partial charge in [-0.25, -0.2) is 0 Å². The summed E-state index contributed by atoms with van der Waals surface area (Å²) in [4.78, 5) is 10.7. The molecule has 19 heavy (non-hydrogen) atoms. The fourth-order valence-corrected chi connectivity index (χ4v) is 2.61. The van der Waals surface area contributed by atoms with Crippen LogP contribution in [0.1, 0.15) is 25.3 Å². The van der Waals surface area contributed by atoms with Gasteiger partial charge in [0.05, 0.1) is 4.92 Å². The summed E-state index contributed by atoms with van der Waals surface area (Å²) in [5.74, 6) is 0. The number of nitrogens with one attached hydrogen (secondary N) is 2. The summed E-state index contributed by atoms with van der Waals surface area (Å²) in [6, 6.07) is 5.18. The van der Waals surface area contributed by atoms with E-state index in [1.54, 1.807) is 12.1 Å². The molecule has 0 saturated carbocycles. The Labute approximate surface area is 113 Å². The highest BCUT2D eigenvalue weighted by Crippen LogP contribution is 2.31. The van der Waals surface area contributed by atoms with Crippen molar-refractivity contribution in [2.75, 3.05) is 25.0 Å². The molecule has 1 aliphatic heterocycles. The van der Waals surface area contributed by atoms with Gasteiger partial charge >= 0.3 is 0 Å². The van der Waals surface area contributed by atoms with E-state index in [1.165, 1.54) is 0 Å². The third-order valence-electron chi connectivity index (χ3n) is 3.83. The van der Waals surface area contributed by atoms with E-state index in [0.29, 0.717) is 5.69 Å². The van der Waals surface area contributed by atoms with Crippen molar-refractivity contribution in [1.82, 2.24) is 5.32 Å². The molecule has 1 atom stereocenters. The highest BCUT2D eigenvalue weighted by molar-refractivity contribution is 5.66. The van der Waals surface area contributed by atoms with Crippen LogP contribution in [0.3, 0.4) is 0 Å². The first-order valence-corrected chi connectivity index (χ1v) is 6.70. The highest BCUT2D eigenvalue weighted by Gasteiger charge is 2.27. The second-order valence-electron chi connectivity index (χ2n) is 5.67. The quantitative estimate of drug-likeness (QED) is 0.647. The van der Waals surface area contributed by atoms with E-state index >= 15 is 0 Å². The number of benzene rings is 1. The fraction of sp³-hybridized carbons (Fsp3) is 0.571. The Morgan fingerprint density at radius 1 is 1.53 bits per heavy atom. The van der Waals surface area contributed by atoms with Crippen LogP contribution in [0.25, 0.3) is 0 Å². The average Bonchev–Trinajstić information content (AvgIpc) is 2.38. The zero-order valence-corrected chi connectivity index (χ0v) is 11.5. The number of aryl methyl sites for hydroxylation is 1. The monoisotopic (exact) mass is 263 g/mol. The topological polar surface area (TPSA) is 67.2 Å². The summed E-state index contributed by atoms with van der Waals surface area (Å²) in [6.45, 7) is 6.90. The molecule has 1 fully saturated rings. The maximum Gasteiger partial charge on any atom is 0.292 e. The van der Waals surface area contributed by atoms with Crippen molar-refractivity contribution >= 4 is 11.4 Å². The first kappa shape index (κ1) is 13.8. The van der Waals surface area contributed by atoms with Gasteiger partial charge in [-0.05, 0) is 37.3 Å². The van der Waals surface area contributed by atoms with Gasteiger partial charge in [-0.2, -0.15) is 0 Å². The lowest BCUT2D eigenvalue weighted by Crippen LogP contribution is -2.42. The van der Waals surface area contributed by atoms with Crippen LogP contribution in [0.5, 0.6) is 0 Å². The molecule has 0 aliphatic carbocycles. The summed E-state index contributed by atoms with van der Waals surface area (Å²) in [6.07, 6.45) is 2.31. The lowest BCUT2D eigenvalue weighted by Gasteiger charge is -2.34. The first-order chi connectivity index (χ1) is 9.02. The van der Waals surface area contributed by atoms with E-state index in [1.807, 2.05) is 13.0 Å². The second kappa shape index (κ2) is 5.57. The van der Waals surface area contributed by atoms with Crippen molar-refractivity contribution in [2.24, 2.45) is 5.41 Å². The van der Waals surface area contributed by atoms with E-state index in [-0.39, 0.29) is 16.0 Å². The van der Waals surface area contributed by atoms with Gasteiger partial charge in [0, 0.05) is 19.2 Å². The smallest absolute Gasteiger partial charge is 0.292 e. The van der Waals surface area contributed by atoms with Crippen molar-refractivity contribution in [1.29, 1.82) is 0 Å². The number of hydrogen-bond acceptors (Lipinski definition) is 4. The number of hydrogen-bond donors (Lipinski definition) is 2. The molecular formula is C14H21N3O2. The first-order valence-electron chi connectivity index (χ1n) is 6.70. The largest absolute Gasteiger partial charge is 0.379 e. The number of nitro benzene ring substituents is 1. The number of nitrogens with zero attached hydrogens (tertiary/aromatic N) is 1. The van der Waals surface area contributed by atoms with Gasteiger partial charge in [-0.3, -0.25) is 10.1 Å². The molecule has 0 bridgehead atoms. The predicted molar refractivity (Wildman–Crippen MR) is 76.5 cm³/mol. The van der Waals surface area contributed by atoms with Gasteiger partial charge in [-0.15, -0.1) is 0 Å². The molecule has 0 amide bonds. The molecule has 5 nitrogen and oxygen atoms in total. The molecule has 5 heteroatoms. The zero-order chi connectivity index (χ0) is 13.9. The summed E-state index contributed by atoms with van der Waals surface area (Å²) in [5.41, 5.74) is 1.89. The second-order valence-corrected chi connectivity index (χ2v) is 5.67. The van der Waals surface area contributed by atoms with E-state index < -0.39 is 0 Å². The molecule has 2 N–H and O–H groups in total. The fourth-order valence-electron chi connectivity index (χ4n) is 2.61. The average molecular weight is 263 g/mol. The Morgan fingerprint density at radius 3 is 2.95 bits per heavy atom. The number of rotatable bonds is 4. The van der Waals surface area contributed by atoms with Crippen molar-refractivity contribution < 1.29 is 4.92 Å². The molecule has 1 aliphatic rings. The van der Waals surface area contributed by atoms with Crippen LogP contribution in [0.15, 0.2) is 18.2 Å². The number of anilines is 1. The van der Waals surface area contributed by atoms with Crippen LogP contribution >= 0.6 is 0 Å². The predicted octanol–water partition coefficient (Wildman–Crippen LogP) is 2.70. The van der Waals surface area contributed by atoms with Crippen LogP contribution in [0, 0.1) is 22.5 Å². The van der Waals surface area contributed by atoms with Gasteiger partial charge in [0.25, 0.3) is 5.69 Å². The summed E-state index contributed by atoms with van der Waals surface area (Å²) < 4.78 is 0. The molecule has 0 radical (unpaired) electrons. The molecule has 1 aromatic carbocycles. The summed E-state index contributed by atoms with van der Waals surface area (Å²) >= 11 is 0. The molecular weight excluding hydrogens is 242 g/mol. The normalized spacial score (nSPS) is 23.1. The van der Waals surface area contributed by atoms with Gasteiger partial charge in [0.15, 0.2) is 0 Å². The SMILES string of the molecule is Cc1cccc([N+](=O)[O-])c1NCC1(C)CCCNC1. The van der Waals surface area contributed by atoms with Crippen LogP contribution in [-0.4, -0.2) is 24.6 Å². The van der Waals surface area contributed by atoms with Crippen molar-refractivity contribution in [3.63, 3.8) is 0 Å². The standard InChI is InChI=1S/C14H21N3O2/c1-11-5-3-6-12(17(18)19)13(11)16-10-14(2)7-4-8-15-9-14/h3,5-6,15-16H,4,7-10H2,1-2H3. The number of nitro groups is 1. The minimum Gasteiger partial charge on any atom is -0.379 e. The highest BCUT2D eigenvalue weighted by atomic mass is 16.6. The van der Waals surface area contributed by atoms with Crippen molar-refractivity contribution in [3.05, 3.63) is 33.9 Å². The molecule has 0 aromatic heterocycles. The Bertz CT molecular complexity index is 468. The molecule has 2 rings (SSSR count). The minimum atomic E-state index is -0.323. The van der Waals surface area contributed by atoms with Crippen LogP contribution in [0.2, 0.25) is 0 Å². The Hall–Kier alpha value is -1.62. The van der Waals surface area contributed by atoms with Gasteiger partial charge < -0.3 is 10.6 Å². The van der Waals surface area contributed by atoms with Crippen molar-refractivity contribution in [3.8, 4) is 0 Å². The van der Waals surface area contributed by atoms with Gasteiger partial charge in [0.1, 0.15) is 5.69 Å². The number of piperidine rings is 1. The Morgan fingerprint density at radius 2 is 2.32 bits per heavy atom. The van der Waals surface area contributed by atoms with Gasteiger partial charge in [0.2, 0.25) is 0 Å². The van der Waals surface area contributed by atoms with E-state index in [2.05, 4.69) is 17.6 Å². The lowest BCUT2D eigenvalue weighted by atomic mass is 9.82. The summed E-state index contributed by atoms with van der Waals surface area (Å²) in [5, 5.41) is 17.7. The van der Waals surface area contributed by atoms with E-state index in [9.17, 15) is 10.1 Å². The molecule has 1 aromatic rings. The van der Waals surface area contributed by atoms with Crippen LogP contribution in [-0.2, 0) is 0 Å². The van der Waals surface area contributed by atoms with E-state index in [0.717, 1.165) is 38.0 Å². The third kappa shape index (κ3) is 3.23. The molecule has 1 heterocycles. The molecule has 1 saturated heterocycles. The molecule has 104 valence electrons. The Kier molecular flexibility index (Phi) is 4.04. The molecule has 1 unspecified atom stereocenters. The lowest BCUT2D eigenvalue weighted by molar-refractivity contribution is -0.384. The zero-order valence-electron chi connectivity index (χ0n) is 11.5. The minimum absolute atomic E-state index is 0.160. The third-order valence-corrected chi connectivity index (χ3v) is 3.83. The number of para-hydroxylation sites is 1. The summed E-state index contributed by atoms with van der Waals surface area (Å²) in [7, 11) is 0. The van der Waals surface area contributed by atoms with Gasteiger partial charge in [-0.1, -0.05) is 19.1 Å². The van der Waals surface area contributed by atoms with Crippen LogP contribution < -0.4 is 10.6 Å².